The fraction of sp³-hybridized carbons (Fsp3) is 0.333. The highest BCUT2D eigenvalue weighted by Crippen LogP contribution is 2.20. The number of anilines is 1. The van der Waals surface area contributed by atoms with E-state index in [9.17, 15) is 14.0 Å². The van der Waals surface area contributed by atoms with Crippen molar-refractivity contribution in [1.82, 2.24) is 9.80 Å². The maximum atomic E-state index is 13.0. The van der Waals surface area contributed by atoms with Crippen molar-refractivity contribution in [3.63, 3.8) is 0 Å². The number of aryl methyl sites for hydroxylation is 1. The lowest BCUT2D eigenvalue weighted by Gasteiger charge is -2.24. The Hall–Kier alpha value is -2.44. The van der Waals surface area contributed by atoms with Crippen molar-refractivity contribution >= 4 is 29.1 Å². The zero-order chi connectivity index (χ0) is 20.7. The Bertz CT molecular complexity index is 827. The molecule has 0 saturated heterocycles. The summed E-state index contributed by atoms with van der Waals surface area (Å²) in [4.78, 5) is 28.2. The van der Waals surface area contributed by atoms with Crippen LogP contribution in [0.15, 0.2) is 42.5 Å². The number of halogens is 2. The van der Waals surface area contributed by atoms with Gasteiger partial charge in [0, 0.05) is 24.3 Å². The normalized spacial score (nSPS) is 10.8. The van der Waals surface area contributed by atoms with E-state index in [0.29, 0.717) is 23.8 Å². The molecule has 7 heteroatoms. The number of rotatable bonds is 8. The lowest BCUT2D eigenvalue weighted by atomic mass is 10.2. The van der Waals surface area contributed by atoms with E-state index in [-0.39, 0.29) is 30.7 Å². The van der Waals surface area contributed by atoms with E-state index in [4.69, 9.17) is 11.6 Å². The Morgan fingerprint density at radius 2 is 1.79 bits per heavy atom. The molecule has 0 aliphatic rings. The third-order valence-electron chi connectivity index (χ3n) is 4.41. The second kappa shape index (κ2) is 10.2. The number of nitrogens with zero attached hydrogens (tertiary/aromatic N) is 2. The predicted molar refractivity (Wildman–Crippen MR) is 110 cm³/mol. The van der Waals surface area contributed by atoms with Gasteiger partial charge in [-0.25, -0.2) is 4.39 Å². The van der Waals surface area contributed by atoms with Crippen molar-refractivity contribution in [2.75, 3.05) is 32.0 Å². The van der Waals surface area contributed by atoms with Crippen LogP contribution in [0, 0.1) is 12.7 Å². The van der Waals surface area contributed by atoms with Gasteiger partial charge >= 0.3 is 0 Å². The number of benzene rings is 2. The van der Waals surface area contributed by atoms with Crippen LogP contribution in [0.1, 0.15) is 18.1 Å². The second-order valence-electron chi connectivity index (χ2n) is 6.69. The quantitative estimate of drug-likeness (QED) is 0.728. The van der Waals surface area contributed by atoms with Crippen molar-refractivity contribution in [3.8, 4) is 0 Å². The summed E-state index contributed by atoms with van der Waals surface area (Å²) >= 11 is 5.98. The molecule has 28 heavy (non-hydrogen) atoms. The van der Waals surface area contributed by atoms with Gasteiger partial charge in [0.2, 0.25) is 11.8 Å². The standard InChI is InChI=1S/C21H25ClFN3O2/c1-4-26(13-20(27)24-19-11-17(22)8-5-15(19)2)14-21(28)25(3)12-16-6-9-18(23)10-7-16/h5-11H,4,12-14H2,1-3H3,(H,24,27). The van der Waals surface area contributed by atoms with Crippen molar-refractivity contribution in [3.05, 3.63) is 64.4 Å². The third-order valence-corrected chi connectivity index (χ3v) is 4.64. The van der Waals surface area contributed by atoms with Gasteiger partial charge in [-0.05, 0) is 48.9 Å². The molecule has 0 aromatic heterocycles. The van der Waals surface area contributed by atoms with E-state index in [1.54, 1.807) is 41.1 Å². The van der Waals surface area contributed by atoms with Gasteiger partial charge in [0.1, 0.15) is 5.82 Å². The van der Waals surface area contributed by atoms with Crippen LogP contribution >= 0.6 is 11.6 Å². The van der Waals surface area contributed by atoms with Gasteiger partial charge in [0.25, 0.3) is 0 Å². The Kier molecular flexibility index (Phi) is 7.96. The van der Waals surface area contributed by atoms with E-state index >= 15 is 0 Å². The molecule has 0 radical (unpaired) electrons. The summed E-state index contributed by atoms with van der Waals surface area (Å²) in [7, 11) is 1.69. The average molecular weight is 406 g/mol. The summed E-state index contributed by atoms with van der Waals surface area (Å²) in [5.41, 5.74) is 2.42. The molecular weight excluding hydrogens is 381 g/mol. The lowest BCUT2D eigenvalue weighted by Crippen LogP contribution is -2.41. The molecule has 2 rings (SSSR count). The fourth-order valence-corrected chi connectivity index (χ4v) is 2.84. The highest BCUT2D eigenvalue weighted by molar-refractivity contribution is 6.31. The molecule has 2 aromatic rings. The molecule has 1 N–H and O–H groups in total. The van der Waals surface area contributed by atoms with Gasteiger partial charge < -0.3 is 10.2 Å². The number of hydrogen-bond acceptors (Lipinski definition) is 3. The van der Waals surface area contributed by atoms with Crippen LogP contribution in [0.2, 0.25) is 5.02 Å². The Morgan fingerprint density at radius 3 is 2.43 bits per heavy atom. The Labute approximate surface area is 170 Å². The largest absolute Gasteiger partial charge is 0.340 e. The van der Waals surface area contributed by atoms with Crippen LogP contribution in [0.25, 0.3) is 0 Å². The van der Waals surface area contributed by atoms with Crippen LogP contribution in [-0.4, -0.2) is 48.3 Å². The smallest absolute Gasteiger partial charge is 0.238 e. The minimum Gasteiger partial charge on any atom is -0.340 e. The van der Waals surface area contributed by atoms with Gasteiger partial charge in [-0.3, -0.25) is 14.5 Å². The fourth-order valence-electron chi connectivity index (χ4n) is 2.67. The number of nitrogens with one attached hydrogen (secondary N) is 1. The minimum atomic E-state index is -0.309. The van der Waals surface area contributed by atoms with E-state index < -0.39 is 0 Å². The molecule has 0 aliphatic carbocycles. The number of amides is 2. The number of carbonyl (C=O) groups excluding carboxylic acids is 2. The molecule has 150 valence electrons. The van der Waals surface area contributed by atoms with Crippen LogP contribution in [0.3, 0.4) is 0 Å². The van der Waals surface area contributed by atoms with Gasteiger partial charge in [0.15, 0.2) is 0 Å². The van der Waals surface area contributed by atoms with Crippen molar-refractivity contribution < 1.29 is 14.0 Å². The molecule has 0 aliphatic heterocycles. The van der Waals surface area contributed by atoms with Gasteiger partial charge in [0.05, 0.1) is 13.1 Å². The second-order valence-corrected chi connectivity index (χ2v) is 7.12. The topological polar surface area (TPSA) is 52.7 Å². The Balaban J connectivity index is 1.89. The van der Waals surface area contributed by atoms with Crippen molar-refractivity contribution in [2.45, 2.75) is 20.4 Å². The monoisotopic (exact) mass is 405 g/mol. The zero-order valence-electron chi connectivity index (χ0n) is 16.3. The average Bonchev–Trinajstić information content (AvgIpc) is 2.65. The van der Waals surface area contributed by atoms with Gasteiger partial charge in [-0.1, -0.05) is 36.7 Å². The molecule has 0 unspecified atom stereocenters. The highest BCUT2D eigenvalue weighted by Gasteiger charge is 2.17. The van der Waals surface area contributed by atoms with Crippen LogP contribution in [-0.2, 0) is 16.1 Å². The summed E-state index contributed by atoms with van der Waals surface area (Å²) < 4.78 is 13.0. The van der Waals surface area contributed by atoms with Crippen LogP contribution in [0.5, 0.6) is 0 Å². The summed E-state index contributed by atoms with van der Waals surface area (Å²) in [6.07, 6.45) is 0. The van der Waals surface area contributed by atoms with E-state index in [0.717, 1.165) is 11.1 Å². The van der Waals surface area contributed by atoms with E-state index in [1.807, 2.05) is 19.9 Å². The molecule has 0 heterocycles. The summed E-state index contributed by atoms with van der Waals surface area (Å²) in [5, 5.41) is 3.39. The summed E-state index contributed by atoms with van der Waals surface area (Å²) in [5.74, 6) is -0.630. The molecular formula is C21H25ClFN3O2. The SMILES string of the molecule is CCN(CC(=O)Nc1cc(Cl)ccc1C)CC(=O)N(C)Cc1ccc(F)cc1. The first-order valence-corrected chi connectivity index (χ1v) is 9.43. The molecule has 2 aromatic carbocycles. The molecule has 5 nitrogen and oxygen atoms in total. The number of carbonyl (C=O) groups is 2. The minimum absolute atomic E-state index is 0.0958. The first-order chi connectivity index (χ1) is 13.3. The van der Waals surface area contributed by atoms with E-state index in [1.165, 1.54) is 12.1 Å². The first-order valence-electron chi connectivity index (χ1n) is 9.05. The van der Waals surface area contributed by atoms with Crippen molar-refractivity contribution in [1.29, 1.82) is 0 Å². The zero-order valence-corrected chi connectivity index (χ0v) is 17.1. The maximum Gasteiger partial charge on any atom is 0.238 e. The molecule has 0 spiro atoms. The van der Waals surface area contributed by atoms with E-state index in [2.05, 4.69) is 5.32 Å². The molecule has 0 fully saturated rings. The summed E-state index contributed by atoms with van der Waals surface area (Å²) in [6.45, 7) is 4.93. The highest BCUT2D eigenvalue weighted by atomic mass is 35.5. The molecule has 0 saturated carbocycles. The number of hydrogen-bond donors (Lipinski definition) is 1. The Morgan fingerprint density at radius 1 is 1.11 bits per heavy atom. The van der Waals surface area contributed by atoms with Crippen LogP contribution in [0.4, 0.5) is 10.1 Å². The summed E-state index contributed by atoms with van der Waals surface area (Å²) in [6, 6.07) is 11.3. The predicted octanol–water partition coefficient (Wildman–Crippen LogP) is 3.71. The van der Waals surface area contributed by atoms with Gasteiger partial charge in [-0.2, -0.15) is 0 Å². The molecule has 0 bridgehead atoms. The number of likely N-dealkylation sites (N-methyl/N-ethyl adjacent to an activating group) is 2. The first kappa shape index (κ1) is 21.9. The van der Waals surface area contributed by atoms with Crippen molar-refractivity contribution in [2.24, 2.45) is 0 Å². The molecule has 0 atom stereocenters. The van der Waals surface area contributed by atoms with Crippen LogP contribution < -0.4 is 5.32 Å². The lowest BCUT2D eigenvalue weighted by molar-refractivity contribution is -0.132. The maximum absolute atomic E-state index is 13.0. The third kappa shape index (κ3) is 6.62. The molecule has 2 amide bonds. The van der Waals surface area contributed by atoms with Gasteiger partial charge in [-0.15, -0.1) is 0 Å².